The summed E-state index contributed by atoms with van der Waals surface area (Å²) in [5.41, 5.74) is 4.03. The number of anilines is 1. The van der Waals surface area contributed by atoms with E-state index < -0.39 is 5.97 Å². The van der Waals surface area contributed by atoms with E-state index >= 15 is 0 Å². The highest BCUT2D eigenvalue weighted by Crippen LogP contribution is 2.34. The molecule has 8 heteroatoms. The second-order valence-electron chi connectivity index (χ2n) is 6.70. The van der Waals surface area contributed by atoms with E-state index in [1.807, 2.05) is 18.2 Å². The minimum atomic E-state index is -0.977. The number of carboxylic acids is 1. The molecular weight excluding hydrogens is 394 g/mol. The summed E-state index contributed by atoms with van der Waals surface area (Å²) in [5.74, 6) is 1.31. The second kappa shape index (κ2) is 8.53. The van der Waals surface area contributed by atoms with Crippen molar-refractivity contribution in [1.29, 1.82) is 0 Å². The Kier molecular flexibility index (Phi) is 6.08. The van der Waals surface area contributed by atoms with Crippen molar-refractivity contribution < 1.29 is 19.4 Å². The van der Waals surface area contributed by atoms with Gasteiger partial charge < -0.3 is 19.9 Å². The topological polar surface area (TPSA) is 93.6 Å². The lowest BCUT2D eigenvalue weighted by molar-refractivity contribution is 0.0696. The number of hydrogen-bond acceptors (Lipinski definition) is 6. The number of halogens is 1. The van der Waals surface area contributed by atoms with Crippen molar-refractivity contribution >= 4 is 35.2 Å². The lowest BCUT2D eigenvalue weighted by Crippen LogP contribution is -2.08. The van der Waals surface area contributed by atoms with Crippen LogP contribution in [0.5, 0.6) is 11.5 Å². The number of hydrogen-bond donors (Lipinski definition) is 2. The molecular formula is C21H22ClN3O4. The molecule has 0 aliphatic heterocycles. The number of pyridine rings is 2. The zero-order chi connectivity index (χ0) is 19.7. The molecule has 2 heterocycles. The molecule has 0 bridgehead atoms. The van der Waals surface area contributed by atoms with E-state index in [0.29, 0.717) is 12.2 Å². The minimum absolute atomic E-state index is 0. The van der Waals surface area contributed by atoms with Crippen LogP contribution in [0.2, 0.25) is 0 Å². The molecule has 7 nitrogen and oxygen atoms in total. The molecule has 0 amide bonds. The Balaban J connectivity index is 0.00000240. The Morgan fingerprint density at radius 3 is 2.69 bits per heavy atom. The number of aromatic nitrogens is 2. The molecule has 0 atom stereocenters. The van der Waals surface area contributed by atoms with Gasteiger partial charge in [0.05, 0.1) is 19.8 Å². The lowest BCUT2D eigenvalue weighted by Gasteiger charge is -2.15. The number of benzene rings is 1. The van der Waals surface area contributed by atoms with Crippen LogP contribution in [-0.2, 0) is 19.4 Å². The predicted molar refractivity (Wildman–Crippen MR) is 113 cm³/mol. The molecule has 0 saturated heterocycles. The molecule has 0 radical (unpaired) electrons. The van der Waals surface area contributed by atoms with E-state index in [1.54, 1.807) is 20.3 Å². The summed E-state index contributed by atoms with van der Waals surface area (Å²) in [7, 11) is 3.26. The van der Waals surface area contributed by atoms with Crippen LogP contribution in [0, 0.1) is 0 Å². The zero-order valence-electron chi connectivity index (χ0n) is 16.2. The first-order valence-electron chi connectivity index (χ1n) is 9.10. The number of ether oxygens (including phenoxy) is 2. The molecule has 4 rings (SSSR count). The Bertz CT molecular complexity index is 1070. The number of aromatic carboxylic acids is 1. The number of nitrogens with one attached hydrogen (secondary N) is 1. The molecule has 2 N–H and O–H groups in total. The van der Waals surface area contributed by atoms with E-state index in [1.165, 1.54) is 6.20 Å². The highest BCUT2D eigenvalue weighted by Gasteiger charge is 2.21. The van der Waals surface area contributed by atoms with Crippen molar-refractivity contribution in [2.75, 3.05) is 19.5 Å². The van der Waals surface area contributed by atoms with E-state index in [0.717, 1.165) is 58.7 Å². The van der Waals surface area contributed by atoms with Crippen LogP contribution in [0.15, 0.2) is 30.5 Å². The SMILES string of the molecule is COc1ccc(CNc2nc3ncc(C(=O)O)cc3c3c2CCC3)c(OC)c1.Cl. The number of carbonyl (C=O) groups is 1. The van der Waals surface area contributed by atoms with Crippen LogP contribution in [0.4, 0.5) is 5.82 Å². The maximum absolute atomic E-state index is 11.3. The molecule has 0 unspecified atom stereocenters. The van der Waals surface area contributed by atoms with Gasteiger partial charge in [0.2, 0.25) is 0 Å². The van der Waals surface area contributed by atoms with Crippen LogP contribution in [0.1, 0.15) is 33.5 Å². The fraction of sp³-hybridized carbons (Fsp3) is 0.286. The first kappa shape index (κ1) is 20.7. The van der Waals surface area contributed by atoms with Crippen molar-refractivity contribution in [3.05, 3.63) is 52.7 Å². The molecule has 152 valence electrons. The van der Waals surface area contributed by atoms with Gasteiger partial charge in [-0.15, -0.1) is 12.4 Å². The number of carboxylic acid groups (broad SMARTS) is 1. The van der Waals surface area contributed by atoms with Crippen molar-refractivity contribution in [3.8, 4) is 11.5 Å². The van der Waals surface area contributed by atoms with Crippen molar-refractivity contribution in [3.63, 3.8) is 0 Å². The first-order valence-corrected chi connectivity index (χ1v) is 9.10. The van der Waals surface area contributed by atoms with Gasteiger partial charge in [-0.2, -0.15) is 0 Å². The average molecular weight is 416 g/mol. The molecule has 0 spiro atoms. The summed E-state index contributed by atoms with van der Waals surface area (Å²) in [4.78, 5) is 20.2. The van der Waals surface area contributed by atoms with Crippen molar-refractivity contribution in [2.24, 2.45) is 0 Å². The van der Waals surface area contributed by atoms with E-state index in [-0.39, 0.29) is 18.0 Å². The number of nitrogens with zero attached hydrogens (tertiary/aromatic N) is 2. The summed E-state index contributed by atoms with van der Waals surface area (Å²) in [6.07, 6.45) is 4.19. The summed E-state index contributed by atoms with van der Waals surface area (Å²) in [6, 6.07) is 7.39. The summed E-state index contributed by atoms with van der Waals surface area (Å²) in [6.45, 7) is 0.547. The van der Waals surface area contributed by atoms with Gasteiger partial charge in [0.1, 0.15) is 17.3 Å². The third kappa shape index (κ3) is 3.91. The Morgan fingerprint density at radius 2 is 1.97 bits per heavy atom. The molecule has 1 aromatic carbocycles. The highest BCUT2D eigenvalue weighted by molar-refractivity contribution is 5.93. The van der Waals surface area contributed by atoms with E-state index in [4.69, 9.17) is 9.47 Å². The smallest absolute Gasteiger partial charge is 0.337 e. The van der Waals surface area contributed by atoms with Gasteiger partial charge in [-0.25, -0.2) is 14.8 Å². The molecule has 0 saturated carbocycles. The minimum Gasteiger partial charge on any atom is -0.497 e. The zero-order valence-corrected chi connectivity index (χ0v) is 17.0. The quantitative estimate of drug-likeness (QED) is 0.631. The van der Waals surface area contributed by atoms with Crippen LogP contribution in [-0.4, -0.2) is 35.3 Å². The standard InChI is InChI=1S/C21H21N3O4.ClH/c1-27-14-7-6-12(18(9-14)28-2)10-22-19-16-5-3-4-15(16)17-8-13(21(25)26)11-23-20(17)24-19;/h6-9,11H,3-5,10H2,1-2H3,(H,25,26)(H,22,23,24);1H. The van der Waals surface area contributed by atoms with Crippen molar-refractivity contribution in [1.82, 2.24) is 9.97 Å². The van der Waals surface area contributed by atoms with Crippen LogP contribution in [0.3, 0.4) is 0 Å². The fourth-order valence-corrected chi connectivity index (χ4v) is 3.68. The maximum Gasteiger partial charge on any atom is 0.337 e. The number of methoxy groups -OCH3 is 2. The lowest BCUT2D eigenvalue weighted by atomic mass is 10.1. The van der Waals surface area contributed by atoms with Gasteiger partial charge >= 0.3 is 5.97 Å². The van der Waals surface area contributed by atoms with E-state index in [9.17, 15) is 9.90 Å². The highest BCUT2D eigenvalue weighted by atomic mass is 35.5. The van der Waals surface area contributed by atoms with Crippen LogP contribution in [0.25, 0.3) is 11.0 Å². The average Bonchev–Trinajstić information content (AvgIpc) is 3.21. The number of fused-ring (bicyclic) bond motifs is 3. The van der Waals surface area contributed by atoms with Crippen LogP contribution >= 0.6 is 12.4 Å². The number of rotatable bonds is 6. The van der Waals surface area contributed by atoms with Gasteiger partial charge in [0.15, 0.2) is 5.65 Å². The largest absolute Gasteiger partial charge is 0.497 e. The van der Waals surface area contributed by atoms with Gasteiger partial charge in [-0.3, -0.25) is 0 Å². The molecule has 1 aliphatic rings. The van der Waals surface area contributed by atoms with Gasteiger partial charge in [0.25, 0.3) is 0 Å². The fourth-order valence-electron chi connectivity index (χ4n) is 3.68. The van der Waals surface area contributed by atoms with Crippen molar-refractivity contribution in [2.45, 2.75) is 25.8 Å². The molecule has 0 fully saturated rings. The summed E-state index contributed by atoms with van der Waals surface area (Å²) >= 11 is 0. The maximum atomic E-state index is 11.3. The second-order valence-corrected chi connectivity index (χ2v) is 6.70. The Hall–Kier alpha value is -3.06. The molecule has 1 aliphatic carbocycles. The number of aryl methyl sites for hydroxylation is 1. The normalized spacial score (nSPS) is 12.2. The molecule has 2 aromatic heterocycles. The Morgan fingerprint density at radius 1 is 1.17 bits per heavy atom. The Labute approximate surface area is 174 Å². The molecule has 3 aromatic rings. The third-order valence-corrected chi connectivity index (χ3v) is 5.10. The van der Waals surface area contributed by atoms with E-state index in [2.05, 4.69) is 15.3 Å². The van der Waals surface area contributed by atoms with Gasteiger partial charge in [-0.05, 0) is 48.6 Å². The predicted octanol–water partition coefficient (Wildman–Crippen LogP) is 3.87. The van der Waals surface area contributed by atoms with Crippen LogP contribution < -0.4 is 14.8 Å². The van der Waals surface area contributed by atoms with Gasteiger partial charge in [0, 0.05) is 29.8 Å². The summed E-state index contributed by atoms with van der Waals surface area (Å²) in [5, 5.41) is 13.5. The monoisotopic (exact) mass is 415 g/mol. The molecule has 29 heavy (non-hydrogen) atoms. The third-order valence-electron chi connectivity index (χ3n) is 5.10. The first-order chi connectivity index (χ1) is 13.6. The van der Waals surface area contributed by atoms with Gasteiger partial charge in [-0.1, -0.05) is 0 Å². The summed E-state index contributed by atoms with van der Waals surface area (Å²) < 4.78 is 10.7.